The summed E-state index contributed by atoms with van der Waals surface area (Å²) in [5.41, 5.74) is 0.401. The van der Waals surface area contributed by atoms with E-state index in [2.05, 4.69) is 19.2 Å². The van der Waals surface area contributed by atoms with Crippen LogP contribution in [-0.2, 0) is 4.79 Å². The largest absolute Gasteiger partial charge is 0.481 e. The summed E-state index contributed by atoms with van der Waals surface area (Å²) in [7, 11) is 0. The molecule has 1 saturated carbocycles. The van der Waals surface area contributed by atoms with Gasteiger partial charge in [0.05, 0.1) is 6.42 Å². The molecule has 0 aromatic heterocycles. The van der Waals surface area contributed by atoms with Crippen LogP contribution < -0.4 is 5.32 Å². The monoisotopic (exact) mass is 157 g/mol. The molecular formula is C8H15NO2. The van der Waals surface area contributed by atoms with Gasteiger partial charge >= 0.3 is 5.97 Å². The highest BCUT2D eigenvalue weighted by Gasteiger charge is 2.44. The molecule has 64 valence electrons. The molecule has 0 spiro atoms. The Labute approximate surface area is 66.8 Å². The fourth-order valence-electron chi connectivity index (χ4n) is 1.17. The van der Waals surface area contributed by atoms with Crippen molar-refractivity contribution in [2.24, 2.45) is 5.41 Å². The van der Waals surface area contributed by atoms with E-state index in [1.54, 1.807) is 0 Å². The third-order valence-corrected chi connectivity index (χ3v) is 2.24. The Balaban J connectivity index is 2.02. The lowest BCUT2D eigenvalue weighted by molar-refractivity contribution is -0.136. The number of carboxylic acid groups (broad SMARTS) is 1. The van der Waals surface area contributed by atoms with Gasteiger partial charge in [-0.15, -0.1) is 0 Å². The van der Waals surface area contributed by atoms with Crippen molar-refractivity contribution in [2.75, 3.05) is 6.54 Å². The van der Waals surface area contributed by atoms with E-state index in [0.717, 1.165) is 0 Å². The number of hydrogen-bond donors (Lipinski definition) is 2. The van der Waals surface area contributed by atoms with Crippen molar-refractivity contribution in [2.45, 2.75) is 32.7 Å². The van der Waals surface area contributed by atoms with Crippen molar-refractivity contribution in [3.8, 4) is 0 Å². The van der Waals surface area contributed by atoms with Crippen LogP contribution in [-0.4, -0.2) is 23.7 Å². The molecule has 0 amide bonds. The van der Waals surface area contributed by atoms with Crippen molar-refractivity contribution in [1.29, 1.82) is 0 Å². The van der Waals surface area contributed by atoms with E-state index in [1.807, 2.05) is 0 Å². The molecule has 11 heavy (non-hydrogen) atoms. The molecule has 1 unspecified atom stereocenters. The van der Waals surface area contributed by atoms with Gasteiger partial charge in [-0.25, -0.2) is 0 Å². The number of hydrogen-bond acceptors (Lipinski definition) is 2. The molecule has 0 heterocycles. The lowest BCUT2D eigenvalue weighted by atomic mass is 10.2. The Hall–Kier alpha value is -0.570. The summed E-state index contributed by atoms with van der Waals surface area (Å²) >= 11 is 0. The summed E-state index contributed by atoms with van der Waals surface area (Å²) in [5.74, 6) is -0.726. The number of carbonyl (C=O) groups is 1. The Morgan fingerprint density at radius 1 is 1.73 bits per heavy atom. The first-order chi connectivity index (χ1) is 5.02. The predicted molar refractivity (Wildman–Crippen MR) is 42.4 cm³/mol. The first kappa shape index (κ1) is 8.53. The van der Waals surface area contributed by atoms with Crippen molar-refractivity contribution < 1.29 is 9.90 Å². The van der Waals surface area contributed by atoms with Gasteiger partial charge in [0.25, 0.3) is 0 Å². The third kappa shape index (κ3) is 2.50. The fourth-order valence-corrected chi connectivity index (χ4v) is 1.17. The first-order valence-corrected chi connectivity index (χ1v) is 3.97. The maximum atomic E-state index is 10.1. The van der Waals surface area contributed by atoms with E-state index >= 15 is 0 Å². The SMILES string of the molecule is CC1(C)CC1NCCC(=O)O. The highest BCUT2D eigenvalue weighted by molar-refractivity contribution is 5.66. The van der Waals surface area contributed by atoms with E-state index < -0.39 is 5.97 Å². The second-order valence-electron chi connectivity index (χ2n) is 3.84. The van der Waals surface area contributed by atoms with Crippen molar-refractivity contribution in [3.05, 3.63) is 0 Å². The molecule has 1 rings (SSSR count). The van der Waals surface area contributed by atoms with E-state index in [1.165, 1.54) is 6.42 Å². The first-order valence-electron chi connectivity index (χ1n) is 3.97. The molecule has 2 N–H and O–H groups in total. The van der Waals surface area contributed by atoms with Gasteiger partial charge in [-0.1, -0.05) is 13.8 Å². The zero-order valence-electron chi connectivity index (χ0n) is 7.05. The van der Waals surface area contributed by atoms with Gasteiger partial charge in [-0.05, 0) is 11.8 Å². The standard InChI is InChI=1S/C8H15NO2/c1-8(2)5-6(8)9-4-3-7(10)11/h6,9H,3-5H2,1-2H3,(H,10,11). The van der Waals surface area contributed by atoms with Crippen LogP contribution in [0.25, 0.3) is 0 Å². The van der Waals surface area contributed by atoms with Gasteiger partial charge in [0, 0.05) is 12.6 Å². The number of rotatable bonds is 4. The molecule has 1 fully saturated rings. The summed E-state index contributed by atoms with van der Waals surface area (Å²) < 4.78 is 0. The van der Waals surface area contributed by atoms with Crippen LogP contribution in [0.15, 0.2) is 0 Å². The van der Waals surface area contributed by atoms with E-state index in [0.29, 0.717) is 18.0 Å². The lowest BCUT2D eigenvalue weighted by Crippen LogP contribution is -2.23. The predicted octanol–water partition coefficient (Wildman–Crippen LogP) is 0.849. The summed E-state index contributed by atoms with van der Waals surface area (Å²) in [4.78, 5) is 10.1. The van der Waals surface area contributed by atoms with Gasteiger partial charge in [0.15, 0.2) is 0 Å². The van der Waals surface area contributed by atoms with E-state index in [9.17, 15) is 4.79 Å². The van der Waals surface area contributed by atoms with Gasteiger partial charge in [-0.3, -0.25) is 4.79 Å². The van der Waals surface area contributed by atoms with Crippen LogP contribution in [0.1, 0.15) is 26.7 Å². The zero-order valence-corrected chi connectivity index (χ0v) is 7.05. The van der Waals surface area contributed by atoms with Crippen LogP contribution >= 0.6 is 0 Å². The number of nitrogens with one attached hydrogen (secondary N) is 1. The molecule has 0 saturated heterocycles. The number of carboxylic acids is 1. The molecule has 0 bridgehead atoms. The third-order valence-electron chi connectivity index (χ3n) is 2.24. The topological polar surface area (TPSA) is 49.3 Å². The minimum Gasteiger partial charge on any atom is -0.481 e. The average molecular weight is 157 g/mol. The molecule has 0 aromatic carbocycles. The van der Waals surface area contributed by atoms with E-state index in [4.69, 9.17) is 5.11 Å². The van der Waals surface area contributed by atoms with Gasteiger partial charge in [0.1, 0.15) is 0 Å². The van der Waals surface area contributed by atoms with Crippen LogP contribution in [0.2, 0.25) is 0 Å². The van der Waals surface area contributed by atoms with Crippen LogP contribution in [0.5, 0.6) is 0 Å². The summed E-state index contributed by atoms with van der Waals surface area (Å²) in [6.45, 7) is 4.97. The maximum absolute atomic E-state index is 10.1. The Morgan fingerprint density at radius 2 is 2.27 bits per heavy atom. The minimum absolute atomic E-state index is 0.229. The highest BCUT2D eigenvalue weighted by Crippen LogP contribution is 2.44. The summed E-state index contributed by atoms with van der Waals surface area (Å²) in [6, 6.07) is 0.543. The van der Waals surface area contributed by atoms with Gasteiger partial charge in [-0.2, -0.15) is 0 Å². The Morgan fingerprint density at radius 3 is 2.64 bits per heavy atom. The normalized spacial score (nSPS) is 26.5. The van der Waals surface area contributed by atoms with E-state index in [-0.39, 0.29) is 6.42 Å². The smallest absolute Gasteiger partial charge is 0.304 e. The zero-order chi connectivity index (χ0) is 8.48. The summed E-state index contributed by atoms with van der Waals surface area (Å²) in [5, 5.41) is 11.5. The molecule has 1 atom stereocenters. The molecule has 0 aromatic rings. The second kappa shape index (κ2) is 2.81. The Bertz CT molecular complexity index is 165. The molecule has 0 radical (unpaired) electrons. The fraction of sp³-hybridized carbons (Fsp3) is 0.875. The molecule has 1 aliphatic rings. The van der Waals surface area contributed by atoms with Crippen molar-refractivity contribution >= 4 is 5.97 Å². The van der Waals surface area contributed by atoms with Gasteiger partial charge in [0.2, 0.25) is 0 Å². The molecule has 3 nitrogen and oxygen atoms in total. The van der Waals surface area contributed by atoms with Crippen LogP contribution in [0.4, 0.5) is 0 Å². The van der Waals surface area contributed by atoms with Crippen molar-refractivity contribution in [1.82, 2.24) is 5.32 Å². The maximum Gasteiger partial charge on any atom is 0.304 e. The lowest BCUT2D eigenvalue weighted by Gasteiger charge is -2.03. The highest BCUT2D eigenvalue weighted by atomic mass is 16.4. The van der Waals surface area contributed by atoms with Gasteiger partial charge < -0.3 is 10.4 Å². The minimum atomic E-state index is -0.726. The van der Waals surface area contributed by atoms with Crippen LogP contribution in [0.3, 0.4) is 0 Å². The molecule has 0 aliphatic heterocycles. The molecule has 3 heteroatoms. The van der Waals surface area contributed by atoms with Crippen molar-refractivity contribution in [3.63, 3.8) is 0 Å². The van der Waals surface area contributed by atoms with Crippen LogP contribution in [0, 0.1) is 5.41 Å². The average Bonchev–Trinajstić information content (AvgIpc) is 2.39. The number of aliphatic carboxylic acids is 1. The molecule has 1 aliphatic carbocycles. The summed E-state index contributed by atoms with van der Waals surface area (Å²) in [6.07, 6.45) is 1.40. The second-order valence-corrected chi connectivity index (χ2v) is 3.84. The Kier molecular flexibility index (Phi) is 2.18. The quantitative estimate of drug-likeness (QED) is 0.636. The molecular weight excluding hydrogens is 142 g/mol.